The molecule has 0 aliphatic carbocycles. The Morgan fingerprint density at radius 1 is 0.448 bits per heavy atom. The summed E-state index contributed by atoms with van der Waals surface area (Å²) in [5, 5.41) is 9.68. The van der Waals surface area contributed by atoms with Crippen LogP contribution in [0.3, 0.4) is 0 Å². The number of carbonyl (C=O) groups is 3. The van der Waals surface area contributed by atoms with Crippen molar-refractivity contribution < 1.29 is 42.9 Å². The first-order valence-corrected chi connectivity index (χ1v) is 26.4. The highest BCUT2D eigenvalue weighted by atomic mass is 16.7. The summed E-state index contributed by atoms with van der Waals surface area (Å²) in [4.78, 5) is 37.3. The van der Waals surface area contributed by atoms with Crippen LogP contribution in [0.15, 0.2) is 97.2 Å². The van der Waals surface area contributed by atoms with Gasteiger partial charge in [0.15, 0.2) is 6.10 Å². The fourth-order valence-electron chi connectivity index (χ4n) is 6.82. The Hall–Kier alpha value is -3.79. The van der Waals surface area contributed by atoms with E-state index in [4.69, 9.17) is 18.9 Å². The average Bonchev–Trinajstić information content (AvgIpc) is 3.29. The Labute approximate surface area is 410 Å². The van der Waals surface area contributed by atoms with Crippen LogP contribution in [0.4, 0.5) is 0 Å². The molecule has 9 heteroatoms. The standard InChI is InChI=1S/C58H97NO8/c1-6-8-10-12-14-16-18-20-22-24-26-27-28-29-31-33-35-37-39-41-43-45-47-49-56(61)67-54(53-66-58(57(62)63)64-51-50-59(3,4)5)52-65-55(60)48-46-44-42-40-38-36-34-32-30-25-23-21-19-17-15-13-11-9-7-2/h8-11,14-17,20-23,26-27,30,32,54,58H,6-7,12-13,18-19,24-25,28-29,31,33-53H2,1-5H3/p+1/b10-8-,11-9-,16-14-,17-15-,22-20-,23-21-,27-26-,32-30-. The molecule has 0 aliphatic heterocycles. The molecule has 2 unspecified atom stereocenters. The molecule has 0 saturated carbocycles. The van der Waals surface area contributed by atoms with Crippen molar-refractivity contribution in [2.24, 2.45) is 0 Å². The zero-order valence-electron chi connectivity index (χ0n) is 43.3. The molecule has 0 bridgehead atoms. The molecule has 0 heterocycles. The Bertz CT molecular complexity index is 1420. The van der Waals surface area contributed by atoms with Gasteiger partial charge in [0, 0.05) is 12.8 Å². The highest BCUT2D eigenvalue weighted by Gasteiger charge is 2.25. The van der Waals surface area contributed by atoms with Crippen LogP contribution in [0.1, 0.15) is 194 Å². The maximum Gasteiger partial charge on any atom is 0.361 e. The summed E-state index contributed by atoms with van der Waals surface area (Å²) in [7, 11) is 5.95. The Balaban J connectivity index is 4.36. The van der Waals surface area contributed by atoms with Gasteiger partial charge < -0.3 is 28.5 Å². The molecule has 0 radical (unpaired) electrons. The lowest BCUT2D eigenvalue weighted by molar-refractivity contribution is -0.870. The van der Waals surface area contributed by atoms with Crippen LogP contribution in [-0.2, 0) is 33.3 Å². The third-order valence-electron chi connectivity index (χ3n) is 10.8. The molecule has 0 saturated heterocycles. The predicted molar refractivity (Wildman–Crippen MR) is 281 cm³/mol. The SMILES string of the molecule is CC/C=C\C/C=C\C/C=C\C/C=C\CCCCCCCCCCCCC(=O)OC(COC(=O)CCCCCCCC/C=C\C/C=C\C/C=C\C/C=C\CC)COC(OCC[N+](C)(C)C)C(=O)O. The van der Waals surface area contributed by atoms with Crippen LogP contribution >= 0.6 is 0 Å². The van der Waals surface area contributed by atoms with Gasteiger partial charge in [-0.05, 0) is 89.9 Å². The molecule has 0 aliphatic rings. The van der Waals surface area contributed by atoms with Crippen molar-refractivity contribution in [1.82, 2.24) is 0 Å². The summed E-state index contributed by atoms with van der Waals surface area (Å²) < 4.78 is 22.8. The van der Waals surface area contributed by atoms with Gasteiger partial charge in [-0.1, -0.05) is 188 Å². The minimum absolute atomic E-state index is 0.179. The highest BCUT2D eigenvalue weighted by molar-refractivity contribution is 5.71. The van der Waals surface area contributed by atoms with Crippen LogP contribution < -0.4 is 0 Å². The minimum Gasteiger partial charge on any atom is -0.477 e. The molecule has 0 rings (SSSR count). The topological polar surface area (TPSA) is 108 Å². The van der Waals surface area contributed by atoms with Gasteiger partial charge in [0.05, 0.1) is 34.4 Å². The second-order valence-electron chi connectivity index (χ2n) is 18.4. The molecule has 0 aromatic rings. The number of esters is 2. The van der Waals surface area contributed by atoms with E-state index >= 15 is 0 Å². The van der Waals surface area contributed by atoms with Crippen LogP contribution in [0.2, 0.25) is 0 Å². The number of hydrogen-bond acceptors (Lipinski definition) is 7. The second kappa shape index (κ2) is 48.7. The number of unbranched alkanes of at least 4 members (excludes halogenated alkanes) is 16. The number of hydrogen-bond donors (Lipinski definition) is 1. The quantitative estimate of drug-likeness (QED) is 0.0211. The first-order chi connectivity index (χ1) is 32.6. The lowest BCUT2D eigenvalue weighted by atomic mass is 10.0. The number of carboxylic acids is 1. The van der Waals surface area contributed by atoms with Gasteiger partial charge in [-0.2, -0.15) is 0 Å². The number of rotatable bonds is 47. The first kappa shape index (κ1) is 63.2. The van der Waals surface area contributed by atoms with Crippen molar-refractivity contribution in [1.29, 1.82) is 0 Å². The van der Waals surface area contributed by atoms with E-state index in [1.807, 2.05) is 21.1 Å². The average molecular weight is 937 g/mol. The number of aliphatic carboxylic acids is 1. The normalized spacial score (nSPS) is 13.6. The molecule has 9 nitrogen and oxygen atoms in total. The fraction of sp³-hybridized carbons (Fsp3) is 0.672. The molecule has 0 aromatic heterocycles. The van der Waals surface area contributed by atoms with E-state index in [0.29, 0.717) is 17.4 Å². The minimum atomic E-state index is -1.52. The van der Waals surface area contributed by atoms with E-state index in [0.717, 1.165) is 116 Å². The summed E-state index contributed by atoms with van der Waals surface area (Å²) in [6.45, 7) is 4.62. The molecule has 1 N–H and O–H groups in total. The third-order valence-corrected chi connectivity index (χ3v) is 10.8. The van der Waals surface area contributed by atoms with Crippen LogP contribution in [0.5, 0.6) is 0 Å². The van der Waals surface area contributed by atoms with Gasteiger partial charge >= 0.3 is 17.9 Å². The summed E-state index contributed by atoms with van der Waals surface area (Å²) in [5.41, 5.74) is 0. The molecule has 382 valence electrons. The van der Waals surface area contributed by atoms with Crippen molar-refractivity contribution in [2.45, 2.75) is 206 Å². The van der Waals surface area contributed by atoms with Crippen LogP contribution in [-0.4, -0.2) is 87.4 Å². The molecular weight excluding hydrogens is 839 g/mol. The van der Waals surface area contributed by atoms with Crippen LogP contribution in [0.25, 0.3) is 0 Å². The lowest BCUT2D eigenvalue weighted by Gasteiger charge is -2.25. The number of carboxylic acid groups (broad SMARTS) is 1. The molecule has 0 aromatic carbocycles. The maximum atomic E-state index is 12.8. The third kappa shape index (κ3) is 49.9. The van der Waals surface area contributed by atoms with E-state index in [1.165, 1.54) is 44.9 Å². The van der Waals surface area contributed by atoms with Gasteiger partial charge in [0.1, 0.15) is 13.2 Å². The second-order valence-corrected chi connectivity index (χ2v) is 18.4. The van der Waals surface area contributed by atoms with Gasteiger partial charge in [-0.25, -0.2) is 4.79 Å². The van der Waals surface area contributed by atoms with Crippen molar-refractivity contribution >= 4 is 17.9 Å². The Kier molecular flexibility index (Phi) is 45.9. The summed E-state index contributed by atoms with van der Waals surface area (Å²) in [6, 6.07) is 0. The van der Waals surface area contributed by atoms with E-state index in [9.17, 15) is 19.5 Å². The van der Waals surface area contributed by atoms with E-state index in [1.54, 1.807) is 0 Å². The number of carbonyl (C=O) groups excluding carboxylic acids is 2. The van der Waals surface area contributed by atoms with E-state index < -0.39 is 24.3 Å². The molecule has 0 amide bonds. The summed E-state index contributed by atoms with van der Waals surface area (Å²) in [6.07, 6.45) is 61.8. The summed E-state index contributed by atoms with van der Waals surface area (Å²) >= 11 is 0. The monoisotopic (exact) mass is 937 g/mol. The maximum absolute atomic E-state index is 12.8. The van der Waals surface area contributed by atoms with Gasteiger partial charge in [0.25, 0.3) is 6.29 Å². The van der Waals surface area contributed by atoms with E-state index in [2.05, 4.69) is 111 Å². The molecule has 2 atom stereocenters. The number of quaternary nitrogens is 1. The van der Waals surface area contributed by atoms with Crippen molar-refractivity contribution in [2.75, 3.05) is 47.5 Å². The predicted octanol–water partition coefficient (Wildman–Crippen LogP) is 15.0. The van der Waals surface area contributed by atoms with Crippen molar-refractivity contribution in [3.8, 4) is 0 Å². The molecule has 0 spiro atoms. The zero-order valence-corrected chi connectivity index (χ0v) is 43.3. The Morgan fingerprint density at radius 2 is 0.806 bits per heavy atom. The first-order valence-electron chi connectivity index (χ1n) is 26.4. The fourth-order valence-corrected chi connectivity index (χ4v) is 6.82. The molecular formula is C58H98NO8+. The lowest BCUT2D eigenvalue weighted by Crippen LogP contribution is -2.40. The Morgan fingerprint density at radius 3 is 1.19 bits per heavy atom. The van der Waals surface area contributed by atoms with Gasteiger partial charge in [0.2, 0.25) is 0 Å². The van der Waals surface area contributed by atoms with Crippen LogP contribution in [0, 0.1) is 0 Å². The highest BCUT2D eigenvalue weighted by Crippen LogP contribution is 2.14. The van der Waals surface area contributed by atoms with Crippen molar-refractivity contribution in [3.05, 3.63) is 97.2 Å². The molecule has 67 heavy (non-hydrogen) atoms. The number of likely N-dealkylation sites (N-methyl/N-ethyl adjacent to an activating group) is 1. The van der Waals surface area contributed by atoms with Crippen molar-refractivity contribution in [3.63, 3.8) is 0 Å². The van der Waals surface area contributed by atoms with Gasteiger partial charge in [-0.15, -0.1) is 0 Å². The zero-order chi connectivity index (χ0) is 49.2. The number of nitrogens with zero attached hydrogens (tertiary/aromatic N) is 1. The summed E-state index contributed by atoms with van der Waals surface area (Å²) in [5.74, 6) is -2.04. The number of ether oxygens (including phenoxy) is 4. The largest absolute Gasteiger partial charge is 0.477 e. The molecule has 0 fully saturated rings. The van der Waals surface area contributed by atoms with E-state index in [-0.39, 0.29) is 38.6 Å². The number of allylic oxidation sites excluding steroid dienone is 16. The van der Waals surface area contributed by atoms with Gasteiger partial charge in [-0.3, -0.25) is 9.59 Å². The smallest absolute Gasteiger partial charge is 0.361 e.